The number of amides is 2. The van der Waals surface area contributed by atoms with Crippen LogP contribution in [0.1, 0.15) is 18.9 Å². The maximum atomic E-state index is 12.3. The van der Waals surface area contributed by atoms with Crippen molar-refractivity contribution < 1.29 is 22.8 Å². The summed E-state index contributed by atoms with van der Waals surface area (Å²) in [6.07, 6.45) is -4.77. The van der Waals surface area contributed by atoms with E-state index >= 15 is 0 Å². The van der Waals surface area contributed by atoms with E-state index in [4.69, 9.17) is 5.73 Å². The Hall–Kier alpha value is -2.09. The summed E-state index contributed by atoms with van der Waals surface area (Å²) in [4.78, 5) is 23.2. The van der Waals surface area contributed by atoms with Gasteiger partial charge < -0.3 is 16.0 Å². The summed E-state index contributed by atoms with van der Waals surface area (Å²) < 4.78 is 36.9. The predicted molar refractivity (Wildman–Crippen MR) is 75.9 cm³/mol. The quantitative estimate of drug-likeness (QED) is 0.871. The fraction of sp³-hybridized carbons (Fsp3) is 0.429. The van der Waals surface area contributed by atoms with E-state index < -0.39 is 12.1 Å². The highest BCUT2D eigenvalue weighted by molar-refractivity contribution is 5.91. The summed E-state index contributed by atoms with van der Waals surface area (Å²) in [6, 6.07) is 5.98. The number of nitrogens with two attached hydrogens (primary N) is 1. The molecule has 0 aliphatic carbocycles. The van der Waals surface area contributed by atoms with Crippen molar-refractivity contribution in [1.29, 1.82) is 0 Å². The van der Waals surface area contributed by atoms with Crippen LogP contribution in [-0.4, -0.2) is 36.0 Å². The van der Waals surface area contributed by atoms with Crippen LogP contribution in [0, 0.1) is 0 Å². The first-order valence-corrected chi connectivity index (χ1v) is 6.56. The van der Waals surface area contributed by atoms with Crippen molar-refractivity contribution in [3.63, 3.8) is 0 Å². The Bertz CT molecular complexity index is 544. The van der Waals surface area contributed by atoms with Gasteiger partial charge in [0, 0.05) is 31.7 Å². The van der Waals surface area contributed by atoms with Crippen LogP contribution < -0.4 is 11.1 Å². The molecule has 0 radical (unpaired) electrons. The van der Waals surface area contributed by atoms with E-state index in [2.05, 4.69) is 5.32 Å². The second kappa shape index (κ2) is 7.26. The van der Waals surface area contributed by atoms with Gasteiger partial charge in [0.25, 0.3) is 0 Å². The Balaban J connectivity index is 2.72. The van der Waals surface area contributed by atoms with Crippen molar-refractivity contribution >= 4 is 17.5 Å². The second-order valence-corrected chi connectivity index (χ2v) is 5.09. The molecule has 3 N–H and O–H groups in total. The smallest absolute Gasteiger partial charge is 0.334 e. The molecule has 1 aromatic carbocycles. The zero-order valence-electron chi connectivity index (χ0n) is 12.3. The molecule has 1 atom stereocenters. The summed E-state index contributed by atoms with van der Waals surface area (Å²) in [6.45, 7) is 1.48. The van der Waals surface area contributed by atoms with E-state index in [-0.39, 0.29) is 24.9 Å². The molecule has 0 saturated heterocycles. The Labute approximate surface area is 126 Å². The Morgan fingerprint density at radius 2 is 2.00 bits per heavy atom. The Morgan fingerprint density at radius 3 is 2.55 bits per heavy atom. The fourth-order valence-corrected chi connectivity index (χ4v) is 1.81. The van der Waals surface area contributed by atoms with E-state index in [1.165, 1.54) is 6.07 Å². The number of carbonyl (C=O) groups excluding carboxylic acids is 2. The van der Waals surface area contributed by atoms with E-state index in [9.17, 15) is 22.8 Å². The first kappa shape index (κ1) is 18.0. The van der Waals surface area contributed by atoms with Crippen LogP contribution in [0.15, 0.2) is 24.3 Å². The summed E-state index contributed by atoms with van der Waals surface area (Å²) in [5.41, 5.74) is 6.42. The number of anilines is 1. The van der Waals surface area contributed by atoms with Crippen LogP contribution in [0.2, 0.25) is 0 Å². The fourth-order valence-electron chi connectivity index (χ4n) is 1.81. The molecule has 5 nitrogen and oxygen atoms in total. The maximum Gasteiger partial charge on any atom is 0.471 e. The molecule has 1 aromatic rings. The van der Waals surface area contributed by atoms with Gasteiger partial charge in [-0.25, -0.2) is 0 Å². The van der Waals surface area contributed by atoms with Crippen LogP contribution in [0.25, 0.3) is 0 Å². The van der Waals surface area contributed by atoms with E-state index in [0.717, 1.165) is 7.05 Å². The van der Waals surface area contributed by atoms with Crippen LogP contribution in [-0.2, 0) is 16.1 Å². The molecule has 0 fully saturated rings. The minimum atomic E-state index is -4.90. The molecule has 0 aromatic heterocycles. The summed E-state index contributed by atoms with van der Waals surface area (Å²) in [7, 11) is 1.07. The highest BCUT2D eigenvalue weighted by atomic mass is 19.4. The number of rotatable bonds is 5. The van der Waals surface area contributed by atoms with Crippen molar-refractivity contribution in [3.05, 3.63) is 29.8 Å². The number of alkyl halides is 3. The van der Waals surface area contributed by atoms with Gasteiger partial charge in [-0.05, 0) is 24.6 Å². The van der Waals surface area contributed by atoms with Crippen molar-refractivity contribution in [3.8, 4) is 0 Å². The number of hydrogen-bond donors (Lipinski definition) is 2. The van der Waals surface area contributed by atoms with Crippen LogP contribution in [0.4, 0.5) is 18.9 Å². The van der Waals surface area contributed by atoms with Gasteiger partial charge in [0.15, 0.2) is 0 Å². The molecule has 1 rings (SSSR count). The number of hydrogen-bond acceptors (Lipinski definition) is 3. The minimum Gasteiger partial charge on any atom is -0.334 e. The van der Waals surface area contributed by atoms with Crippen LogP contribution >= 0.6 is 0 Å². The lowest BCUT2D eigenvalue weighted by Gasteiger charge is -2.19. The monoisotopic (exact) mass is 317 g/mol. The van der Waals surface area contributed by atoms with Crippen molar-refractivity contribution in [1.82, 2.24) is 4.90 Å². The van der Waals surface area contributed by atoms with Crippen molar-refractivity contribution in [2.75, 3.05) is 12.4 Å². The Morgan fingerprint density at radius 1 is 1.36 bits per heavy atom. The molecule has 0 aliphatic rings. The van der Waals surface area contributed by atoms with Gasteiger partial charge in [-0.15, -0.1) is 0 Å². The van der Waals surface area contributed by atoms with Crippen molar-refractivity contribution in [2.45, 2.75) is 32.1 Å². The van der Waals surface area contributed by atoms with Gasteiger partial charge in [-0.1, -0.05) is 12.1 Å². The first-order valence-electron chi connectivity index (χ1n) is 6.56. The molecule has 0 saturated carbocycles. The van der Waals surface area contributed by atoms with E-state index in [1.54, 1.807) is 25.1 Å². The standard InChI is InChI=1S/C14H18F3N3O2/c1-9(18)6-12(21)19-11-5-3-4-10(7-11)8-20(2)13(22)14(15,16)17/h3-5,7,9H,6,8,18H2,1-2H3,(H,19,21). The number of nitrogens with zero attached hydrogens (tertiary/aromatic N) is 1. The molecule has 122 valence electrons. The zero-order valence-corrected chi connectivity index (χ0v) is 12.3. The summed E-state index contributed by atoms with van der Waals surface area (Å²) in [5.74, 6) is -2.20. The third-order valence-corrected chi connectivity index (χ3v) is 2.73. The predicted octanol–water partition coefficient (Wildman–Crippen LogP) is 1.88. The van der Waals surface area contributed by atoms with Crippen LogP contribution in [0.3, 0.4) is 0 Å². The molecule has 0 heterocycles. The van der Waals surface area contributed by atoms with Gasteiger partial charge in [0.05, 0.1) is 0 Å². The number of benzene rings is 1. The third-order valence-electron chi connectivity index (χ3n) is 2.73. The molecule has 1 unspecified atom stereocenters. The highest BCUT2D eigenvalue weighted by Gasteiger charge is 2.41. The number of nitrogens with one attached hydrogen (secondary N) is 1. The molecule has 22 heavy (non-hydrogen) atoms. The van der Waals surface area contributed by atoms with Gasteiger partial charge in [0.1, 0.15) is 0 Å². The van der Waals surface area contributed by atoms with Gasteiger partial charge >= 0.3 is 12.1 Å². The molecule has 0 aliphatic heterocycles. The minimum absolute atomic E-state index is 0.136. The lowest BCUT2D eigenvalue weighted by atomic mass is 10.1. The molecular weight excluding hydrogens is 299 g/mol. The lowest BCUT2D eigenvalue weighted by Crippen LogP contribution is -2.37. The average molecular weight is 317 g/mol. The average Bonchev–Trinajstić information content (AvgIpc) is 2.35. The first-order chi connectivity index (χ1) is 10.1. The number of carbonyl (C=O) groups is 2. The molecule has 0 bridgehead atoms. The Kier molecular flexibility index (Phi) is 5.92. The van der Waals surface area contributed by atoms with E-state index in [1.807, 2.05) is 0 Å². The van der Waals surface area contributed by atoms with Crippen LogP contribution in [0.5, 0.6) is 0 Å². The second-order valence-electron chi connectivity index (χ2n) is 5.09. The molecule has 8 heteroatoms. The van der Waals surface area contributed by atoms with Crippen molar-refractivity contribution in [2.24, 2.45) is 5.73 Å². The highest BCUT2D eigenvalue weighted by Crippen LogP contribution is 2.20. The summed E-state index contributed by atoms with van der Waals surface area (Å²) in [5, 5.41) is 2.60. The summed E-state index contributed by atoms with van der Waals surface area (Å²) >= 11 is 0. The third kappa shape index (κ3) is 5.72. The lowest BCUT2D eigenvalue weighted by molar-refractivity contribution is -0.184. The molecule has 2 amide bonds. The number of halogens is 3. The molecule has 0 spiro atoms. The van der Waals surface area contributed by atoms with Gasteiger partial charge in [-0.3, -0.25) is 9.59 Å². The topological polar surface area (TPSA) is 75.4 Å². The van der Waals surface area contributed by atoms with Gasteiger partial charge in [0.2, 0.25) is 5.91 Å². The van der Waals surface area contributed by atoms with Gasteiger partial charge in [-0.2, -0.15) is 13.2 Å². The SMILES string of the molecule is CC(N)CC(=O)Nc1cccc(CN(C)C(=O)C(F)(F)F)c1. The maximum absolute atomic E-state index is 12.3. The normalized spacial score (nSPS) is 12.6. The van der Waals surface area contributed by atoms with E-state index in [0.29, 0.717) is 16.2 Å². The molecular formula is C14H18F3N3O2. The largest absolute Gasteiger partial charge is 0.471 e. The zero-order chi connectivity index (χ0) is 16.9.